The first-order valence-electron chi connectivity index (χ1n) is 12.3. The molecule has 0 aromatic heterocycles. The quantitative estimate of drug-likeness (QED) is 0.260. The van der Waals surface area contributed by atoms with Gasteiger partial charge in [-0.15, -0.1) is 6.58 Å². The maximum Gasteiger partial charge on any atom is 0.312 e. The normalized spacial score (nSPS) is 34.7. The van der Waals surface area contributed by atoms with Crippen LogP contribution < -0.4 is 0 Å². The smallest absolute Gasteiger partial charge is 0.312 e. The summed E-state index contributed by atoms with van der Waals surface area (Å²) in [5.41, 5.74) is -1.10. The number of nitrogens with zero attached hydrogens (tertiary/aromatic N) is 2. The zero-order chi connectivity index (χ0) is 24.5. The second kappa shape index (κ2) is 10.5. The average molecular weight is 539 g/mol. The second-order valence-corrected chi connectivity index (χ2v) is 10.9. The molecule has 1 N–H and O–H groups in total. The van der Waals surface area contributed by atoms with Crippen molar-refractivity contribution in [2.24, 2.45) is 11.8 Å². The highest BCUT2D eigenvalue weighted by Crippen LogP contribution is 2.60. The minimum atomic E-state index is -1.10. The molecule has 3 saturated heterocycles. The van der Waals surface area contributed by atoms with Crippen LogP contribution in [-0.2, 0) is 23.9 Å². The molecule has 2 amide bonds. The molecular weight excluding hydrogens is 504 g/mol. The summed E-state index contributed by atoms with van der Waals surface area (Å²) in [6, 6.07) is -0.753. The lowest BCUT2D eigenvalue weighted by Crippen LogP contribution is -2.58. The third kappa shape index (κ3) is 4.13. The maximum atomic E-state index is 14.2. The number of rotatable bonds is 10. The number of hydrogen-bond acceptors (Lipinski definition) is 6. The van der Waals surface area contributed by atoms with Crippen molar-refractivity contribution in [2.75, 3.05) is 26.3 Å². The van der Waals surface area contributed by atoms with Gasteiger partial charge in [0.15, 0.2) is 0 Å². The van der Waals surface area contributed by atoms with E-state index in [-0.39, 0.29) is 42.4 Å². The second-order valence-electron chi connectivity index (χ2n) is 9.76. The number of ether oxygens (including phenoxy) is 2. The molecule has 0 radical (unpaired) electrons. The maximum absolute atomic E-state index is 14.2. The van der Waals surface area contributed by atoms with E-state index in [4.69, 9.17) is 9.47 Å². The number of hydrogen-bond donors (Lipinski definition) is 1. The highest BCUT2D eigenvalue weighted by atomic mass is 79.9. The van der Waals surface area contributed by atoms with E-state index in [1.807, 2.05) is 4.90 Å². The van der Waals surface area contributed by atoms with Gasteiger partial charge in [0.05, 0.1) is 17.9 Å². The van der Waals surface area contributed by atoms with Gasteiger partial charge in [-0.2, -0.15) is 0 Å². The number of esters is 1. The Morgan fingerprint density at radius 2 is 2.00 bits per heavy atom. The lowest BCUT2D eigenvalue weighted by molar-refractivity contribution is -0.154. The van der Waals surface area contributed by atoms with Crippen LogP contribution in [0.15, 0.2) is 25.3 Å². The predicted molar refractivity (Wildman–Crippen MR) is 129 cm³/mol. The third-order valence-corrected chi connectivity index (χ3v) is 8.66. The van der Waals surface area contributed by atoms with E-state index in [1.54, 1.807) is 11.0 Å². The number of alkyl halides is 1. The summed E-state index contributed by atoms with van der Waals surface area (Å²) in [5, 5.41) is 9.48. The van der Waals surface area contributed by atoms with Gasteiger partial charge in [0.25, 0.3) is 0 Å². The van der Waals surface area contributed by atoms with Gasteiger partial charge >= 0.3 is 5.97 Å². The zero-order valence-electron chi connectivity index (χ0n) is 19.6. The molecule has 188 valence electrons. The molecule has 4 rings (SSSR count). The Morgan fingerprint density at radius 3 is 2.65 bits per heavy atom. The molecule has 1 spiro atoms. The van der Waals surface area contributed by atoms with Crippen molar-refractivity contribution in [1.29, 1.82) is 0 Å². The highest BCUT2D eigenvalue weighted by molar-refractivity contribution is 9.09. The summed E-state index contributed by atoms with van der Waals surface area (Å²) in [6.45, 7) is 8.03. The van der Waals surface area contributed by atoms with Crippen LogP contribution in [0.2, 0.25) is 0 Å². The van der Waals surface area contributed by atoms with Gasteiger partial charge in [-0.1, -0.05) is 53.9 Å². The molecule has 2 bridgehead atoms. The number of aliphatic hydroxyl groups excluding tert-OH is 1. The number of likely N-dealkylation sites (tertiary alicyclic amines) is 1. The highest BCUT2D eigenvalue weighted by Gasteiger charge is 2.77. The molecule has 0 aromatic rings. The third-order valence-electron chi connectivity index (χ3n) is 7.82. The van der Waals surface area contributed by atoms with Crippen LogP contribution in [0.25, 0.3) is 0 Å². The van der Waals surface area contributed by atoms with E-state index >= 15 is 0 Å². The van der Waals surface area contributed by atoms with Crippen LogP contribution >= 0.6 is 15.9 Å². The Labute approximate surface area is 209 Å². The van der Waals surface area contributed by atoms with Crippen LogP contribution in [0.3, 0.4) is 0 Å². The van der Waals surface area contributed by atoms with Crippen molar-refractivity contribution >= 4 is 33.7 Å². The Hall–Kier alpha value is -1.71. The summed E-state index contributed by atoms with van der Waals surface area (Å²) in [5.74, 6) is -2.49. The predicted octanol–water partition coefficient (Wildman–Crippen LogP) is 2.19. The molecule has 3 unspecified atom stereocenters. The largest absolute Gasteiger partial charge is 0.461 e. The number of carbonyl (C=O) groups is 3. The van der Waals surface area contributed by atoms with Gasteiger partial charge in [0.1, 0.15) is 18.2 Å². The fraction of sp³-hybridized carbons (Fsp3) is 0.720. The number of amides is 2. The minimum absolute atomic E-state index is 0.0499. The van der Waals surface area contributed by atoms with Crippen LogP contribution in [0, 0.1) is 11.8 Å². The van der Waals surface area contributed by atoms with Crippen molar-refractivity contribution < 1.29 is 29.0 Å². The average Bonchev–Trinajstić information content (AvgIpc) is 3.43. The van der Waals surface area contributed by atoms with E-state index in [0.29, 0.717) is 19.4 Å². The molecule has 34 heavy (non-hydrogen) atoms. The number of fused-ring (bicyclic) bond motifs is 1. The van der Waals surface area contributed by atoms with Gasteiger partial charge in [-0.05, 0) is 25.7 Å². The molecule has 1 saturated carbocycles. The summed E-state index contributed by atoms with van der Waals surface area (Å²) >= 11 is 3.65. The Morgan fingerprint density at radius 1 is 1.26 bits per heavy atom. The first-order valence-corrected chi connectivity index (χ1v) is 13.2. The molecule has 0 aromatic carbocycles. The minimum Gasteiger partial charge on any atom is -0.461 e. The molecular formula is C25H35BrN2O6. The molecule has 3 heterocycles. The standard InChI is InChI=1S/C25H35BrN2O6/c1-3-11-27(16-9-6-5-7-10-16)23(31)21-25-15-17(26)20(34-25)18(24(32)33-14-4-2)19(25)22(30)28(21)12-8-13-29/h3-4,16-21,29H,1-2,5-15H2/t17?,18-,19+,20-,21?,25?/m1/s1. The van der Waals surface area contributed by atoms with Gasteiger partial charge in [-0.3, -0.25) is 14.4 Å². The van der Waals surface area contributed by atoms with E-state index in [9.17, 15) is 19.5 Å². The molecule has 3 aliphatic heterocycles. The number of aliphatic hydroxyl groups is 1. The fourth-order valence-electron chi connectivity index (χ4n) is 6.50. The lowest BCUT2D eigenvalue weighted by Gasteiger charge is -2.41. The topological polar surface area (TPSA) is 96.4 Å². The Balaban J connectivity index is 1.72. The van der Waals surface area contributed by atoms with Gasteiger partial charge in [-0.25, -0.2) is 0 Å². The van der Waals surface area contributed by atoms with E-state index in [2.05, 4.69) is 29.1 Å². The lowest BCUT2D eigenvalue weighted by atomic mass is 9.70. The van der Waals surface area contributed by atoms with E-state index < -0.39 is 35.6 Å². The Bertz CT molecular complexity index is 830. The molecule has 8 nitrogen and oxygen atoms in total. The van der Waals surface area contributed by atoms with Crippen molar-refractivity contribution in [3.05, 3.63) is 25.3 Å². The van der Waals surface area contributed by atoms with Crippen LogP contribution in [0.4, 0.5) is 0 Å². The van der Waals surface area contributed by atoms with Crippen molar-refractivity contribution in [3.63, 3.8) is 0 Å². The van der Waals surface area contributed by atoms with Crippen molar-refractivity contribution in [3.8, 4) is 0 Å². The SMILES string of the molecule is C=CCOC(=O)[C@H]1[C@@H]2OC3(CC2Br)C(C(=O)N(CC=C)C2CCCCC2)N(CCCO)C(=O)[C@H]13. The molecule has 4 fully saturated rings. The Kier molecular flexibility index (Phi) is 7.84. The molecule has 4 aliphatic rings. The molecule has 1 aliphatic carbocycles. The van der Waals surface area contributed by atoms with Crippen LogP contribution in [0.1, 0.15) is 44.9 Å². The fourth-order valence-corrected chi connectivity index (χ4v) is 7.45. The zero-order valence-corrected chi connectivity index (χ0v) is 21.2. The van der Waals surface area contributed by atoms with Gasteiger partial charge < -0.3 is 24.4 Å². The summed E-state index contributed by atoms with van der Waals surface area (Å²) in [7, 11) is 0. The number of carbonyl (C=O) groups excluding carboxylic acids is 3. The molecule has 9 heteroatoms. The van der Waals surface area contributed by atoms with Gasteiger partial charge in [0.2, 0.25) is 11.8 Å². The van der Waals surface area contributed by atoms with Crippen molar-refractivity contribution in [1.82, 2.24) is 9.80 Å². The van der Waals surface area contributed by atoms with E-state index in [0.717, 1.165) is 32.1 Å². The summed E-state index contributed by atoms with van der Waals surface area (Å²) < 4.78 is 11.8. The summed E-state index contributed by atoms with van der Waals surface area (Å²) in [4.78, 5) is 44.3. The molecule has 6 atom stereocenters. The van der Waals surface area contributed by atoms with Crippen LogP contribution in [-0.4, -0.2) is 87.6 Å². The van der Waals surface area contributed by atoms with Crippen LogP contribution in [0.5, 0.6) is 0 Å². The van der Waals surface area contributed by atoms with Crippen molar-refractivity contribution in [2.45, 2.75) is 73.6 Å². The monoisotopic (exact) mass is 538 g/mol. The number of halogens is 1. The first-order chi connectivity index (χ1) is 16.4. The summed E-state index contributed by atoms with van der Waals surface area (Å²) in [6.07, 6.45) is 8.62. The first kappa shape index (κ1) is 25.4. The van der Waals surface area contributed by atoms with E-state index in [1.165, 1.54) is 6.08 Å². The van der Waals surface area contributed by atoms with Gasteiger partial charge in [0, 0.05) is 30.6 Å².